The zero-order chi connectivity index (χ0) is 19.6. The number of benzene rings is 1. The summed E-state index contributed by atoms with van der Waals surface area (Å²) in [6.45, 7) is 8.85. The van der Waals surface area contributed by atoms with Crippen LogP contribution >= 0.6 is 0 Å². The molecule has 0 aliphatic carbocycles. The van der Waals surface area contributed by atoms with Gasteiger partial charge in [-0.3, -0.25) is 14.3 Å². The molecule has 2 atom stereocenters. The first-order chi connectivity index (χ1) is 13.0. The monoisotopic (exact) mass is 375 g/mol. The van der Waals surface area contributed by atoms with Crippen LogP contribution in [0.5, 0.6) is 5.75 Å². The SMILES string of the molecule is CCC[C@@H](c1nc2c(F)cc(OC)cc2c(=O)n1CC)N1CCC[C@@H](C)C1. The first-order valence-electron chi connectivity index (χ1n) is 10.0. The molecular formula is C21H30FN3O2. The molecule has 0 N–H and O–H groups in total. The highest BCUT2D eigenvalue weighted by Crippen LogP contribution is 2.30. The van der Waals surface area contributed by atoms with Crippen molar-refractivity contribution < 1.29 is 9.13 Å². The summed E-state index contributed by atoms with van der Waals surface area (Å²) in [6, 6.07) is 2.92. The molecule has 0 radical (unpaired) electrons. The Morgan fingerprint density at radius 1 is 1.37 bits per heavy atom. The van der Waals surface area contributed by atoms with Crippen LogP contribution in [0.25, 0.3) is 10.9 Å². The summed E-state index contributed by atoms with van der Waals surface area (Å²) in [4.78, 5) is 20.3. The minimum absolute atomic E-state index is 0.0382. The van der Waals surface area contributed by atoms with Crippen molar-refractivity contribution in [2.24, 2.45) is 5.92 Å². The molecule has 0 saturated carbocycles. The fourth-order valence-corrected chi connectivity index (χ4v) is 4.21. The van der Waals surface area contributed by atoms with Crippen molar-refractivity contribution in [3.63, 3.8) is 0 Å². The zero-order valence-corrected chi connectivity index (χ0v) is 16.8. The Kier molecular flexibility index (Phi) is 6.15. The number of aromatic nitrogens is 2. The highest BCUT2D eigenvalue weighted by atomic mass is 19.1. The molecule has 1 fully saturated rings. The third-order valence-corrected chi connectivity index (χ3v) is 5.56. The van der Waals surface area contributed by atoms with Gasteiger partial charge >= 0.3 is 0 Å². The fraction of sp³-hybridized carbons (Fsp3) is 0.619. The Morgan fingerprint density at radius 3 is 2.78 bits per heavy atom. The molecule has 148 valence electrons. The number of nitrogens with zero attached hydrogens (tertiary/aromatic N) is 3. The van der Waals surface area contributed by atoms with Gasteiger partial charge in [-0.25, -0.2) is 9.37 Å². The van der Waals surface area contributed by atoms with Crippen LogP contribution in [0, 0.1) is 11.7 Å². The van der Waals surface area contributed by atoms with Crippen LogP contribution in [-0.4, -0.2) is 34.7 Å². The summed E-state index contributed by atoms with van der Waals surface area (Å²) >= 11 is 0. The summed E-state index contributed by atoms with van der Waals surface area (Å²) in [5, 5.41) is 0.278. The van der Waals surface area contributed by atoms with E-state index in [9.17, 15) is 9.18 Å². The van der Waals surface area contributed by atoms with Crippen molar-refractivity contribution in [2.45, 2.75) is 59.0 Å². The second-order valence-electron chi connectivity index (χ2n) is 7.57. The Hall–Kier alpha value is -1.95. The molecule has 1 aliphatic heterocycles. The normalized spacial score (nSPS) is 19.4. The Morgan fingerprint density at radius 2 is 2.15 bits per heavy atom. The van der Waals surface area contributed by atoms with Crippen LogP contribution < -0.4 is 10.3 Å². The van der Waals surface area contributed by atoms with Crippen molar-refractivity contribution >= 4 is 10.9 Å². The zero-order valence-electron chi connectivity index (χ0n) is 16.8. The molecule has 1 aliphatic rings. The lowest BCUT2D eigenvalue weighted by Crippen LogP contribution is -2.40. The molecule has 2 heterocycles. The standard InChI is InChI=1S/C21H30FN3O2/c1-5-8-18(24-10-7-9-14(3)13-24)20-23-19-16(21(26)25(20)6-2)11-15(27-4)12-17(19)22/h11-12,14,18H,5-10,13H2,1-4H3/t14-,18+/m1/s1. The second kappa shape index (κ2) is 8.38. The van der Waals surface area contributed by atoms with Crippen molar-refractivity contribution in [1.29, 1.82) is 0 Å². The maximum atomic E-state index is 14.7. The summed E-state index contributed by atoms with van der Waals surface area (Å²) in [6.07, 6.45) is 4.27. The topological polar surface area (TPSA) is 47.4 Å². The van der Waals surface area contributed by atoms with Gasteiger partial charge in [0.1, 0.15) is 17.1 Å². The van der Waals surface area contributed by atoms with E-state index in [4.69, 9.17) is 9.72 Å². The van der Waals surface area contributed by atoms with E-state index in [1.165, 1.54) is 19.6 Å². The summed E-state index contributed by atoms with van der Waals surface area (Å²) in [5.74, 6) is 1.15. The van der Waals surface area contributed by atoms with E-state index in [0.717, 1.165) is 32.4 Å². The Bertz CT molecular complexity index is 865. The number of ether oxygens (including phenoxy) is 1. The van der Waals surface area contributed by atoms with Gasteiger partial charge < -0.3 is 4.74 Å². The van der Waals surface area contributed by atoms with Gasteiger partial charge in [-0.05, 0) is 44.7 Å². The van der Waals surface area contributed by atoms with Gasteiger partial charge in [0.15, 0.2) is 5.82 Å². The number of methoxy groups -OCH3 is 1. The van der Waals surface area contributed by atoms with Crippen LogP contribution in [0.1, 0.15) is 58.3 Å². The summed E-state index contributed by atoms with van der Waals surface area (Å²) in [7, 11) is 1.47. The van der Waals surface area contributed by atoms with Gasteiger partial charge in [0.25, 0.3) is 5.56 Å². The van der Waals surface area contributed by atoms with Crippen LogP contribution in [0.4, 0.5) is 4.39 Å². The van der Waals surface area contributed by atoms with Gasteiger partial charge in [-0.15, -0.1) is 0 Å². The minimum atomic E-state index is -0.506. The molecule has 0 amide bonds. The maximum absolute atomic E-state index is 14.7. The van der Waals surface area contributed by atoms with Crippen LogP contribution in [0.15, 0.2) is 16.9 Å². The Balaban J connectivity index is 2.18. The smallest absolute Gasteiger partial charge is 0.261 e. The average Bonchev–Trinajstić information content (AvgIpc) is 2.66. The number of hydrogen-bond acceptors (Lipinski definition) is 4. The molecule has 1 aromatic heterocycles. The van der Waals surface area contributed by atoms with E-state index in [1.807, 2.05) is 6.92 Å². The largest absolute Gasteiger partial charge is 0.497 e. The fourth-order valence-electron chi connectivity index (χ4n) is 4.21. The van der Waals surface area contributed by atoms with Gasteiger partial charge in [-0.2, -0.15) is 0 Å². The highest BCUT2D eigenvalue weighted by Gasteiger charge is 2.29. The van der Waals surface area contributed by atoms with E-state index in [0.29, 0.717) is 24.0 Å². The second-order valence-corrected chi connectivity index (χ2v) is 7.57. The summed E-state index contributed by atoms with van der Waals surface area (Å²) < 4.78 is 21.5. The molecule has 0 bridgehead atoms. The van der Waals surface area contributed by atoms with Crippen LogP contribution in [0.2, 0.25) is 0 Å². The minimum Gasteiger partial charge on any atom is -0.497 e. The maximum Gasteiger partial charge on any atom is 0.261 e. The molecule has 6 heteroatoms. The molecule has 5 nitrogen and oxygen atoms in total. The first-order valence-corrected chi connectivity index (χ1v) is 10.0. The van der Waals surface area contributed by atoms with E-state index in [-0.39, 0.29) is 22.5 Å². The number of hydrogen-bond donors (Lipinski definition) is 0. The number of piperidine rings is 1. The average molecular weight is 375 g/mol. The number of rotatable bonds is 6. The van der Waals surface area contributed by atoms with Gasteiger partial charge in [0, 0.05) is 19.2 Å². The van der Waals surface area contributed by atoms with Crippen molar-refractivity contribution in [3.8, 4) is 5.75 Å². The predicted octanol–water partition coefficient (Wildman–Crippen LogP) is 4.14. The molecular weight excluding hydrogens is 345 g/mol. The highest BCUT2D eigenvalue weighted by molar-refractivity contribution is 5.80. The van der Waals surface area contributed by atoms with Gasteiger partial charge in [0.05, 0.1) is 18.5 Å². The van der Waals surface area contributed by atoms with Crippen molar-refractivity contribution in [2.75, 3.05) is 20.2 Å². The molecule has 27 heavy (non-hydrogen) atoms. The number of likely N-dealkylation sites (tertiary alicyclic amines) is 1. The number of fused-ring (bicyclic) bond motifs is 1. The third kappa shape index (κ3) is 3.86. The molecule has 1 aromatic carbocycles. The van der Waals surface area contributed by atoms with E-state index < -0.39 is 5.82 Å². The lowest BCUT2D eigenvalue weighted by molar-refractivity contribution is 0.114. The lowest BCUT2D eigenvalue weighted by Gasteiger charge is -2.37. The molecule has 0 unspecified atom stereocenters. The number of halogens is 1. The van der Waals surface area contributed by atoms with E-state index in [2.05, 4.69) is 18.7 Å². The molecule has 3 rings (SSSR count). The third-order valence-electron chi connectivity index (χ3n) is 5.56. The summed E-state index contributed by atoms with van der Waals surface area (Å²) in [5.41, 5.74) is -0.0480. The van der Waals surface area contributed by atoms with Gasteiger partial charge in [0.2, 0.25) is 0 Å². The van der Waals surface area contributed by atoms with Crippen LogP contribution in [-0.2, 0) is 6.54 Å². The first kappa shape index (κ1) is 19.8. The molecule has 0 spiro atoms. The molecule has 2 aromatic rings. The van der Waals surface area contributed by atoms with Crippen molar-refractivity contribution in [3.05, 3.63) is 34.1 Å². The van der Waals surface area contributed by atoms with E-state index >= 15 is 0 Å². The predicted molar refractivity (Wildman–Crippen MR) is 106 cm³/mol. The Labute approximate surface area is 160 Å². The van der Waals surface area contributed by atoms with Crippen LogP contribution in [0.3, 0.4) is 0 Å². The molecule has 1 saturated heterocycles. The van der Waals surface area contributed by atoms with Crippen molar-refractivity contribution in [1.82, 2.24) is 14.5 Å². The quantitative estimate of drug-likeness (QED) is 0.761. The van der Waals surface area contributed by atoms with E-state index in [1.54, 1.807) is 10.6 Å². The van der Waals surface area contributed by atoms with Gasteiger partial charge in [-0.1, -0.05) is 20.3 Å². The lowest BCUT2D eigenvalue weighted by atomic mass is 9.97.